The van der Waals surface area contributed by atoms with Crippen molar-refractivity contribution in [1.82, 2.24) is 9.88 Å². The van der Waals surface area contributed by atoms with Gasteiger partial charge in [0.05, 0.1) is 16.6 Å². The number of hydrogen-bond acceptors (Lipinski definition) is 3. The molecule has 1 fully saturated rings. The maximum atomic E-state index is 14.0. The third-order valence-electron chi connectivity index (χ3n) is 4.91. The first kappa shape index (κ1) is 15.9. The van der Waals surface area contributed by atoms with Gasteiger partial charge in [-0.05, 0) is 49.1 Å². The molecule has 1 aromatic heterocycles. The number of hydrogen-bond donors (Lipinski definition) is 1. The quantitative estimate of drug-likeness (QED) is 0.784. The lowest BCUT2D eigenvalue weighted by atomic mass is 9.95. The van der Waals surface area contributed by atoms with Gasteiger partial charge in [0.1, 0.15) is 6.07 Å². The topological polar surface area (TPSA) is 69.0 Å². The second-order valence-corrected chi connectivity index (χ2v) is 6.67. The molecule has 0 aliphatic carbocycles. The predicted molar refractivity (Wildman–Crippen MR) is 90.7 cm³/mol. The van der Waals surface area contributed by atoms with Crippen molar-refractivity contribution < 1.29 is 9.18 Å². The number of nitrogens with zero attached hydrogens (tertiary/aromatic N) is 3. The molecular formula is C18H14ClFN4O. The zero-order valence-electron chi connectivity index (χ0n) is 13.2. The number of benzene rings is 1. The van der Waals surface area contributed by atoms with Crippen LogP contribution in [0.25, 0.3) is 0 Å². The van der Waals surface area contributed by atoms with E-state index < -0.39 is 5.95 Å². The molecule has 2 aliphatic heterocycles. The van der Waals surface area contributed by atoms with Gasteiger partial charge in [0.2, 0.25) is 5.95 Å². The summed E-state index contributed by atoms with van der Waals surface area (Å²) >= 11 is 5.92. The van der Waals surface area contributed by atoms with Crippen LogP contribution in [0.2, 0.25) is 5.02 Å². The highest BCUT2D eigenvalue weighted by atomic mass is 35.5. The number of halogens is 2. The number of rotatable bonds is 1. The Kier molecular flexibility index (Phi) is 3.81. The van der Waals surface area contributed by atoms with Crippen LogP contribution >= 0.6 is 11.6 Å². The molecular weight excluding hydrogens is 343 g/mol. The van der Waals surface area contributed by atoms with E-state index in [1.165, 1.54) is 6.20 Å². The number of carbonyl (C=O) groups excluding carboxylic acids is 1. The lowest BCUT2D eigenvalue weighted by Gasteiger charge is -2.36. The number of fused-ring (bicyclic) bond motifs is 4. The van der Waals surface area contributed by atoms with Crippen LogP contribution in [0.3, 0.4) is 0 Å². The third-order valence-corrected chi connectivity index (χ3v) is 5.24. The van der Waals surface area contributed by atoms with Gasteiger partial charge in [-0.15, -0.1) is 0 Å². The molecule has 2 bridgehead atoms. The number of aromatic nitrogens is 1. The van der Waals surface area contributed by atoms with Crippen molar-refractivity contribution in [3.05, 3.63) is 58.1 Å². The van der Waals surface area contributed by atoms with Crippen molar-refractivity contribution in [1.29, 1.82) is 5.26 Å². The number of nitriles is 1. The molecule has 25 heavy (non-hydrogen) atoms. The van der Waals surface area contributed by atoms with Gasteiger partial charge in [0.15, 0.2) is 0 Å². The first-order valence-corrected chi connectivity index (χ1v) is 8.38. The molecule has 4 rings (SSSR count). The molecule has 0 radical (unpaired) electrons. The van der Waals surface area contributed by atoms with Gasteiger partial charge in [-0.1, -0.05) is 11.6 Å². The number of anilines is 1. The molecule has 126 valence electrons. The van der Waals surface area contributed by atoms with E-state index in [9.17, 15) is 9.18 Å². The van der Waals surface area contributed by atoms with Gasteiger partial charge in [0, 0.05) is 23.5 Å². The van der Waals surface area contributed by atoms with Crippen molar-refractivity contribution in [3.63, 3.8) is 0 Å². The molecule has 2 unspecified atom stereocenters. The van der Waals surface area contributed by atoms with E-state index in [4.69, 9.17) is 16.9 Å². The SMILES string of the molecule is N#Cc1cc(NC(=O)N2C3CCC2c2ccnc(F)c2C3)ccc1Cl. The maximum absolute atomic E-state index is 14.0. The third kappa shape index (κ3) is 2.61. The van der Waals surface area contributed by atoms with Crippen LogP contribution in [0, 0.1) is 17.3 Å². The minimum Gasteiger partial charge on any atom is -0.314 e. The Morgan fingerprint density at radius 2 is 2.24 bits per heavy atom. The number of carbonyl (C=O) groups is 1. The van der Waals surface area contributed by atoms with E-state index in [1.807, 2.05) is 6.07 Å². The van der Waals surface area contributed by atoms with Crippen LogP contribution in [0.5, 0.6) is 0 Å². The molecule has 0 spiro atoms. The molecule has 1 aromatic carbocycles. The summed E-state index contributed by atoms with van der Waals surface area (Å²) < 4.78 is 14.0. The number of amides is 2. The molecule has 2 aliphatic rings. The Labute approximate surface area is 149 Å². The Bertz CT molecular complexity index is 910. The van der Waals surface area contributed by atoms with Gasteiger partial charge in [-0.2, -0.15) is 9.65 Å². The fourth-order valence-electron chi connectivity index (χ4n) is 3.80. The summed E-state index contributed by atoms with van der Waals surface area (Å²) in [6.45, 7) is 0. The van der Waals surface area contributed by atoms with E-state index >= 15 is 0 Å². The predicted octanol–water partition coefficient (Wildman–Crippen LogP) is 4.04. The number of urea groups is 1. The summed E-state index contributed by atoms with van der Waals surface area (Å²) in [6.07, 6.45) is 3.55. The Morgan fingerprint density at radius 1 is 1.40 bits per heavy atom. The van der Waals surface area contributed by atoms with Crippen LogP contribution in [0.4, 0.5) is 14.9 Å². The second kappa shape index (κ2) is 6.01. The van der Waals surface area contributed by atoms with Crippen LogP contribution in [-0.4, -0.2) is 22.0 Å². The van der Waals surface area contributed by atoms with Crippen LogP contribution in [0.15, 0.2) is 30.5 Å². The molecule has 5 nitrogen and oxygen atoms in total. The average Bonchev–Trinajstić information content (AvgIpc) is 2.93. The molecule has 0 saturated carbocycles. The zero-order valence-corrected chi connectivity index (χ0v) is 13.9. The summed E-state index contributed by atoms with van der Waals surface area (Å²) in [4.78, 5) is 18.3. The van der Waals surface area contributed by atoms with E-state index in [2.05, 4.69) is 10.3 Å². The van der Waals surface area contributed by atoms with Crippen molar-refractivity contribution in [2.45, 2.75) is 31.3 Å². The fraction of sp³-hybridized carbons (Fsp3) is 0.278. The normalized spacial score (nSPS) is 20.8. The second-order valence-electron chi connectivity index (χ2n) is 6.26. The van der Waals surface area contributed by atoms with E-state index in [1.54, 1.807) is 29.2 Å². The molecule has 7 heteroatoms. The molecule has 2 aromatic rings. The standard InChI is InChI=1S/C18H14ClFN4O/c19-15-3-1-11(7-10(15)9-21)23-18(25)24-12-2-4-16(24)13-5-6-22-17(20)14(13)8-12/h1,3,5-7,12,16H,2,4,8H2,(H,23,25). The average molecular weight is 357 g/mol. The van der Waals surface area contributed by atoms with E-state index in [-0.39, 0.29) is 18.1 Å². The lowest BCUT2D eigenvalue weighted by Crippen LogP contribution is -2.44. The summed E-state index contributed by atoms with van der Waals surface area (Å²) in [6, 6.07) is 8.13. The summed E-state index contributed by atoms with van der Waals surface area (Å²) in [5.41, 5.74) is 2.28. The Hall–Kier alpha value is -2.65. The van der Waals surface area contributed by atoms with E-state index in [0.717, 1.165) is 18.4 Å². The highest BCUT2D eigenvalue weighted by Gasteiger charge is 2.43. The summed E-state index contributed by atoms with van der Waals surface area (Å²) in [7, 11) is 0. The monoisotopic (exact) mass is 356 g/mol. The first-order chi connectivity index (χ1) is 12.1. The van der Waals surface area contributed by atoms with Crippen LogP contribution < -0.4 is 5.32 Å². The van der Waals surface area contributed by atoms with Gasteiger partial charge in [-0.25, -0.2) is 9.78 Å². The van der Waals surface area contributed by atoms with Gasteiger partial charge >= 0.3 is 6.03 Å². The number of pyridine rings is 1. The minimum absolute atomic E-state index is 0.0427. The minimum atomic E-state index is -0.439. The maximum Gasteiger partial charge on any atom is 0.322 e. The van der Waals surface area contributed by atoms with Gasteiger partial charge in [0.25, 0.3) is 0 Å². The highest BCUT2D eigenvalue weighted by molar-refractivity contribution is 6.31. The molecule has 2 amide bonds. The van der Waals surface area contributed by atoms with E-state index in [0.29, 0.717) is 28.3 Å². The molecule has 1 N–H and O–H groups in total. The molecule has 1 saturated heterocycles. The van der Waals surface area contributed by atoms with Gasteiger partial charge in [-0.3, -0.25) is 0 Å². The molecule has 3 heterocycles. The Morgan fingerprint density at radius 3 is 3.04 bits per heavy atom. The van der Waals surface area contributed by atoms with Crippen molar-refractivity contribution in [3.8, 4) is 6.07 Å². The summed E-state index contributed by atoms with van der Waals surface area (Å²) in [5.74, 6) is -0.439. The highest BCUT2D eigenvalue weighted by Crippen LogP contribution is 2.44. The van der Waals surface area contributed by atoms with Gasteiger partial charge < -0.3 is 10.2 Å². The largest absolute Gasteiger partial charge is 0.322 e. The van der Waals surface area contributed by atoms with Crippen molar-refractivity contribution in [2.24, 2.45) is 0 Å². The Balaban J connectivity index is 1.61. The fourth-order valence-corrected chi connectivity index (χ4v) is 3.96. The van der Waals surface area contributed by atoms with Crippen LogP contribution in [-0.2, 0) is 6.42 Å². The van der Waals surface area contributed by atoms with Crippen LogP contribution in [0.1, 0.15) is 35.6 Å². The first-order valence-electron chi connectivity index (χ1n) is 8.00. The summed E-state index contributed by atoms with van der Waals surface area (Å²) in [5, 5.41) is 12.2. The number of nitrogens with one attached hydrogen (secondary N) is 1. The van der Waals surface area contributed by atoms with Crippen molar-refractivity contribution >= 4 is 23.3 Å². The lowest BCUT2D eigenvalue weighted by molar-refractivity contribution is 0.178. The van der Waals surface area contributed by atoms with Crippen molar-refractivity contribution in [2.75, 3.05) is 5.32 Å². The smallest absolute Gasteiger partial charge is 0.314 e. The molecule has 2 atom stereocenters. The zero-order chi connectivity index (χ0) is 17.6.